The van der Waals surface area contributed by atoms with Gasteiger partial charge < -0.3 is 25.7 Å². The van der Waals surface area contributed by atoms with Gasteiger partial charge in [-0.2, -0.15) is 14.8 Å². The maximum Gasteiger partial charge on any atom is 0.255 e. The number of likely N-dealkylation sites (N-methyl/N-ethyl adjacent to an activating group) is 1. The molecule has 5 rings (SSSR count). The predicted molar refractivity (Wildman–Crippen MR) is 159 cm³/mol. The van der Waals surface area contributed by atoms with Gasteiger partial charge >= 0.3 is 0 Å². The van der Waals surface area contributed by atoms with Crippen molar-refractivity contribution < 1.29 is 9.53 Å². The van der Waals surface area contributed by atoms with Gasteiger partial charge in [-0.25, -0.2) is 15.0 Å². The highest BCUT2D eigenvalue weighted by Gasteiger charge is 2.21. The molecule has 3 N–H and O–H groups in total. The Morgan fingerprint density at radius 2 is 1.78 bits per heavy atom. The Morgan fingerprint density at radius 3 is 2.56 bits per heavy atom. The molecule has 4 aromatic rings. The van der Waals surface area contributed by atoms with Crippen LogP contribution in [0.3, 0.4) is 0 Å². The van der Waals surface area contributed by atoms with E-state index in [0.29, 0.717) is 28.8 Å². The van der Waals surface area contributed by atoms with Gasteiger partial charge in [-0.15, -0.1) is 0 Å². The Balaban J connectivity index is 1.31. The van der Waals surface area contributed by atoms with Crippen molar-refractivity contribution in [1.82, 2.24) is 34.6 Å². The number of methoxy groups -OCH3 is 1. The molecule has 1 aliphatic rings. The predicted octanol–water partition coefficient (Wildman–Crippen LogP) is 3.82. The molecule has 2 aromatic heterocycles. The van der Waals surface area contributed by atoms with Crippen LogP contribution in [0.15, 0.2) is 61.2 Å². The first-order chi connectivity index (χ1) is 19.7. The van der Waals surface area contributed by atoms with Crippen LogP contribution >= 0.6 is 0 Å². The first-order valence-electron chi connectivity index (χ1n) is 13.5. The number of amides is 1. The summed E-state index contributed by atoms with van der Waals surface area (Å²) in [6, 6.07) is 15.0. The molecule has 0 aliphatic carbocycles. The average Bonchev–Trinajstić information content (AvgIpc) is 3.44. The number of carbonyl (C=O) groups is 1. The molecule has 12 heteroatoms. The van der Waals surface area contributed by atoms with Crippen molar-refractivity contribution in [2.45, 2.75) is 26.4 Å². The molecule has 0 bridgehead atoms. The normalized spacial score (nSPS) is 14.6. The molecule has 41 heavy (non-hydrogen) atoms. The number of carbonyl (C=O) groups excluding carboxylic acids is 1. The van der Waals surface area contributed by atoms with E-state index >= 15 is 0 Å². The van der Waals surface area contributed by atoms with Gasteiger partial charge in [0.25, 0.3) is 5.91 Å². The highest BCUT2D eigenvalue weighted by molar-refractivity contribution is 6.04. The lowest BCUT2D eigenvalue weighted by Gasteiger charge is -2.32. The van der Waals surface area contributed by atoms with Crippen LogP contribution < -0.4 is 16.1 Å². The molecular weight excluding hydrogens is 520 g/mol. The van der Waals surface area contributed by atoms with Crippen LogP contribution in [0.2, 0.25) is 0 Å². The second-order valence-electron chi connectivity index (χ2n) is 10.6. The van der Waals surface area contributed by atoms with Crippen LogP contribution in [0.5, 0.6) is 0 Å². The molecule has 1 aliphatic heterocycles. The molecule has 0 saturated carbocycles. The number of nitrogens with one attached hydrogen (secondary N) is 3. The summed E-state index contributed by atoms with van der Waals surface area (Å²) in [5, 5.41) is 12.9. The molecule has 0 radical (unpaired) electrons. The number of anilines is 4. The van der Waals surface area contributed by atoms with Gasteiger partial charge in [0, 0.05) is 56.3 Å². The monoisotopic (exact) mass is 556 g/mol. The summed E-state index contributed by atoms with van der Waals surface area (Å²) in [5.41, 5.74) is 6.72. The number of piperazine rings is 1. The van der Waals surface area contributed by atoms with Crippen molar-refractivity contribution in [3.05, 3.63) is 77.9 Å². The number of hydrogen-bond acceptors (Lipinski definition) is 10. The van der Waals surface area contributed by atoms with Crippen molar-refractivity contribution in [2.75, 3.05) is 56.4 Å². The van der Waals surface area contributed by atoms with Crippen LogP contribution in [0, 0.1) is 6.92 Å². The van der Waals surface area contributed by atoms with Crippen LogP contribution in [0.4, 0.5) is 23.1 Å². The minimum Gasteiger partial charge on any atom is -0.374 e. The Bertz CT molecular complexity index is 1510. The van der Waals surface area contributed by atoms with Gasteiger partial charge in [-0.05, 0) is 63.2 Å². The second kappa shape index (κ2) is 12.0. The van der Waals surface area contributed by atoms with E-state index in [4.69, 9.17) is 4.74 Å². The molecule has 214 valence electrons. The lowest BCUT2D eigenvalue weighted by Crippen LogP contribution is -2.47. The van der Waals surface area contributed by atoms with E-state index in [1.165, 1.54) is 12.7 Å². The lowest BCUT2D eigenvalue weighted by atomic mass is 9.96. The molecule has 3 heterocycles. The van der Waals surface area contributed by atoms with E-state index < -0.39 is 5.60 Å². The third kappa shape index (κ3) is 6.68. The number of aromatic nitrogens is 5. The molecular formula is C29H36N10O2. The summed E-state index contributed by atoms with van der Waals surface area (Å²) in [6.07, 6.45) is 2.97. The first-order valence-corrected chi connectivity index (χ1v) is 13.5. The van der Waals surface area contributed by atoms with Gasteiger partial charge in [-0.3, -0.25) is 4.79 Å². The number of hydrazine groups is 1. The largest absolute Gasteiger partial charge is 0.374 e. The molecule has 0 atom stereocenters. The SMILES string of the molecule is COC(C)(C)c1cccc(C(=O)Nc2ccc(C)c(Nc3ncnn3-c3cc(NN4CCN(C)CC4)ncn3)c2)c1. The summed E-state index contributed by atoms with van der Waals surface area (Å²) >= 11 is 0. The molecule has 0 unspecified atom stereocenters. The van der Waals surface area contributed by atoms with Gasteiger partial charge in [0.05, 0.1) is 5.60 Å². The topological polar surface area (TPSA) is 125 Å². The fourth-order valence-corrected chi connectivity index (χ4v) is 4.41. The molecule has 12 nitrogen and oxygen atoms in total. The van der Waals surface area contributed by atoms with Crippen LogP contribution in [-0.4, -0.2) is 80.9 Å². The smallest absolute Gasteiger partial charge is 0.255 e. The van der Waals surface area contributed by atoms with Crippen LogP contribution in [0.1, 0.15) is 35.3 Å². The fraction of sp³-hybridized carbons (Fsp3) is 0.345. The zero-order chi connectivity index (χ0) is 29.0. The van der Waals surface area contributed by atoms with Gasteiger partial charge in [0.1, 0.15) is 18.5 Å². The zero-order valence-electron chi connectivity index (χ0n) is 24.0. The summed E-state index contributed by atoms with van der Waals surface area (Å²) in [5.74, 6) is 1.52. The highest BCUT2D eigenvalue weighted by atomic mass is 16.5. The summed E-state index contributed by atoms with van der Waals surface area (Å²) in [7, 11) is 3.77. The minimum absolute atomic E-state index is 0.210. The zero-order valence-corrected chi connectivity index (χ0v) is 24.0. The molecule has 1 saturated heterocycles. The number of nitrogens with zero attached hydrogens (tertiary/aromatic N) is 7. The number of ether oxygens (including phenoxy) is 1. The molecule has 0 spiro atoms. The van der Waals surface area contributed by atoms with E-state index in [-0.39, 0.29) is 5.91 Å². The van der Waals surface area contributed by atoms with Crippen molar-refractivity contribution >= 4 is 29.0 Å². The standard InChI is InChI=1S/C29H36N10O2/c1-20-9-10-23(34-27(40)21-7-6-8-22(15-21)29(2,3)41-5)16-24(20)35-28-32-19-33-39(28)26-17-25(30-18-31-26)36-38-13-11-37(4)12-14-38/h6-10,15-19H,11-14H2,1-5H3,(H,34,40)(H,30,31,36)(H,32,33,35). The van der Waals surface area contributed by atoms with E-state index in [1.807, 2.05) is 63.2 Å². The minimum atomic E-state index is -0.502. The van der Waals surface area contributed by atoms with Crippen molar-refractivity contribution in [3.8, 4) is 5.82 Å². The second-order valence-corrected chi connectivity index (χ2v) is 10.6. The molecule has 1 fully saturated rings. The quantitative estimate of drug-likeness (QED) is 0.280. The summed E-state index contributed by atoms with van der Waals surface area (Å²) < 4.78 is 7.19. The number of rotatable bonds is 9. The number of hydrogen-bond donors (Lipinski definition) is 3. The molecule has 2 aromatic carbocycles. The Hall–Kier alpha value is -4.39. The van der Waals surface area contributed by atoms with Crippen molar-refractivity contribution in [2.24, 2.45) is 0 Å². The third-order valence-electron chi connectivity index (χ3n) is 7.27. The number of aryl methyl sites for hydroxylation is 1. The van der Waals surface area contributed by atoms with Crippen molar-refractivity contribution in [3.63, 3.8) is 0 Å². The van der Waals surface area contributed by atoms with E-state index in [1.54, 1.807) is 17.9 Å². The van der Waals surface area contributed by atoms with Crippen LogP contribution in [0.25, 0.3) is 5.82 Å². The highest BCUT2D eigenvalue weighted by Crippen LogP contribution is 2.27. The summed E-state index contributed by atoms with van der Waals surface area (Å²) in [4.78, 5) is 28.6. The number of benzene rings is 2. The van der Waals surface area contributed by atoms with Gasteiger partial charge in [-0.1, -0.05) is 18.2 Å². The maximum atomic E-state index is 13.1. The van der Waals surface area contributed by atoms with E-state index in [0.717, 1.165) is 43.0 Å². The maximum absolute atomic E-state index is 13.1. The van der Waals surface area contributed by atoms with Crippen molar-refractivity contribution in [1.29, 1.82) is 0 Å². The summed E-state index contributed by atoms with van der Waals surface area (Å²) in [6.45, 7) is 9.68. The average molecular weight is 557 g/mol. The Kier molecular flexibility index (Phi) is 8.24. The van der Waals surface area contributed by atoms with E-state index in [2.05, 4.69) is 53.1 Å². The Labute approximate surface area is 239 Å². The molecule has 1 amide bonds. The van der Waals surface area contributed by atoms with Crippen LogP contribution in [-0.2, 0) is 10.3 Å². The first kappa shape index (κ1) is 28.1. The lowest BCUT2D eigenvalue weighted by molar-refractivity contribution is 0.0192. The fourth-order valence-electron chi connectivity index (χ4n) is 4.41. The van der Waals surface area contributed by atoms with Gasteiger partial charge in [0.2, 0.25) is 5.95 Å². The third-order valence-corrected chi connectivity index (χ3v) is 7.27. The van der Waals surface area contributed by atoms with Gasteiger partial charge in [0.15, 0.2) is 5.82 Å². The Morgan fingerprint density at radius 1 is 0.976 bits per heavy atom. The van der Waals surface area contributed by atoms with E-state index in [9.17, 15) is 4.79 Å².